The summed E-state index contributed by atoms with van der Waals surface area (Å²) in [5, 5.41) is 10.2. The Morgan fingerprint density at radius 3 is 2.74 bits per heavy atom. The van der Waals surface area contributed by atoms with Crippen LogP contribution in [0.3, 0.4) is 0 Å². The Morgan fingerprint density at radius 2 is 2.05 bits per heavy atom. The zero-order valence-corrected chi connectivity index (χ0v) is 10.7. The smallest absolute Gasteiger partial charge is 0.337 e. The van der Waals surface area contributed by atoms with Crippen molar-refractivity contribution in [3.8, 4) is 11.3 Å². The summed E-state index contributed by atoms with van der Waals surface area (Å²) in [6, 6.07) is 7.77. The SMILES string of the molecule is Cc1[nH]c(-c2c[nH]c3c(C)cccc23)cc1C(=O)O. The lowest BCUT2D eigenvalue weighted by atomic mass is 10.1. The maximum Gasteiger partial charge on any atom is 0.337 e. The molecular weight excluding hydrogens is 240 g/mol. The molecule has 19 heavy (non-hydrogen) atoms. The van der Waals surface area contributed by atoms with E-state index in [0.29, 0.717) is 11.3 Å². The normalized spacial score (nSPS) is 11.1. The van der Waals surface area contributed by atoms with Gasteiger partial charge < -0.3 is 15.1 Å². The van der Waals surface area contributed by atoms with Crippen LogP contribution < -0.4 is 0 Å². The van der Waals surface area contributed by atoms with Crippen LogP contribution in [0.2, 0.25) is 0 Å². The summed E-state index contributed by atoms with van der Waals surface area (Å²) in [7, 11) is 0. The second kappa shape index (κ2) is 4.02. The average molecular weight is 254 g/mol. The molecule has 0 amide bonds. The topological polar surface area (TPSA) is 68.9 Å². The van der Waals surface area contributed by atoms with E-state index in [9.17, 15) is 4.79 Å². The molecule has 4 heteroatoms. The van der Waals surface area contributed by atoms with Gasteiger partial charge in [-0.05, 0) is 25.5 Å². The van der Waals surface area contributed by atoms with E-state index in [1.165, 1.54) is 5.56 Å². The first-order chi connectivity index (χ1) is 9.08. The van der Waals surface area contributed by atoms with Crippen LogP contribution in [0.15, 0.2) is 30.5 Å². The van der Waals surface area contributed by atoms with Crippen molar-refractivity contribution in [1.29, 1.82) is 0 Å². The van der Waals surface area contributed by atoms with E-state index in [-0.39, 0.29) is 0 Å². The van der Waals surface area contributed by atoms with Crippen molar-refractivity contribution in [3.63, 3.8) is 0 Å². The number of aryl methyl sites for hydroxylation is 2. The monoisotopic (exact) mass is 254 g/mol. The first kappa shape index (κ1) is 11.6. The molecule has 3 aromatic rings. The molecule has 4 nitrogen and oxygen atoms in total. The molecule has 0 aliphatic carbocycles. The Morgan fingerprint density at radius 1 is 1.26 bits per heavy atom. The number of carboxylic acids is 1. The summed E-state index contributed by atoms with van der Waals surface area (Å²) in [5.74, 6) is -0.906. The maximum atomic E-state index is 11.1. The molecule has 0 saturated heterocycles. The number of benzene rings is 1. The number of aromatic amines is 2. The van der Waals surface area contributed by atoms with Gasteiger partial charge in [-0.1, -0.05) is 18.2 Å². The number of rotatable bonds is 2. The van der Waals surface area contributed by atoms with Crippen molar-refractivity contribution in [2.24, 2.45) is 0 Å². The summed E-state index contributed by atoms with van der Waals surface area (Å²) >= 11 is 0. The highest BCUT2D eigenvalue weighted by atomic mass is 16.4. The van der Waals surface area contributed by atoms with Gasteiger partial charge in [-0.2, -0.15) is 0 Å². The first-order valence-corrected chi connectivity index (χ1v) is 6.08. The van der Waals surface area contributed by atoms with E-state index >= 15 is 0 Å². The highest BCUT2D eigenvalue weighted by Gasteiger charge is 2.14. The first-order valence-electron chi connectivity index (χ1n) is 6.08. The summed E-state index contributed by atoms with van der Waals surface area (Å²) in [6.45, 7) is 3.82. The highest BCUT2D eigenvalue weighted by Crippen LogP contribution is 2.30. The maximum absolute atomic E-state index is 11.1. The van der Waals surface area contributed by atoms with Gasteiger partial charge in [0.1, 0.15) is 0 Å². The predicted octanol–water partition coefficient (Wildman–Crippen LogP) is 3.48. The molecule has 0 radical (unpaired) electrons. The Kier molecular flexibility index (Phi) is 2.45. The third-order valence-corrected chi connectivity index (χ3v) is 3.46. The fourth-order valence-corrected chi connectivity index (χ4v) is 2.45. The van der Waals surface area contributed by atoms with Crippen molar-refractivity contribution >= 4 is 16.9 Å². The number of carboxylic acid groups (broad SMARTS) is 1. The predicted molar refractivity (Wildman–Crippen MR) is 74.5 cm³/mol. The Bertz CT molecular complexity index is 781. The van der Waals surface area contributed by atoms with Gasteiger partial charge in [0, 0.05) is 34.1 Å². The quantitative estimate of drug-likeness (QED) is 0.655. The third kappa shape index (κ3) is 1.73. The number of carbonyl (C=O) groups is 1. The van der Waals surface area contributed by atoms with Gasteiger partial charge in [-0.3, -0.25) is 0 Å². The zero-order valence-electron chi connectivity index (χ0n) is 10.7. The Balaban J connectivity index is 2.22. The van der Waals surface area contributed by atoms with Crippen LogP contribution in [0.25, 0.3) is 22.2 Å². The van der Waals surface area contributed by atoms with Crippen LogP contribution in [0.5, 0.6) is 0 Å². The zero-order chi connectivity index (χ0) is 13.6. The van der Waals surface area contributed by atoms with Gasteiger partial charge in [0.15, 0.2) is 0 Å². The number of aromatic nitrogens is 2. The van der Waals surface area contributed by atoms with Crippen LogP contribution in [-0.4, -0.2) is 21.0 Å². The molecular formula is C15H14N2O2. The van der Waals surface area contributed by atoms with E-state index < -0.39 is 5.97 Å². The molecule has 0 atom stereocenters. The van der Waals surface area contributed by atoms with Crippen molar-refractivity contribution < 1.29 is 9.90 Å². The number of aromatic carboxylic acids is 1. The lowest BCUT2D eigenvalue weighted by Gasteiger charge is -1.97. The Labute approximate surface area is 110 Å². The summed E-state index contributed by atoms with van der Waals surface area (Å²) in [5.41, 5.74) is 5.06. The number of H-pyrrole nitrogens is 2. The second-order valence-electron chi connectivity index (χ2n) is 4.73. The van der Waals surface area contributed by atoms with E-state index in [1.807, 2.05) is 31.3 Å². The number of fused-ring (bicyclic) bond motifs is 1. The molecule has 0 fully saturated rings. The molecule has 0 aliphatic rings. The molecule has 0 unspecified atom stereocenters. The lowest BCUT2D eigenvalue weighted by molar-refractivity contribution is 0.0696. The van der Waals surface area contributed by atoms with Crippen LogP contribution in [0, 0.1) is 13.8 Å². The van der Waals surface area contributed by atoms with Crippen LogP contribution in [0.1, 0.15) is 21.6 Å². The molecule has 2 heterocycles. The van der Waals surface area contributed by atoms with Gasteiger partial charge >= 0.3 is 5.97 Å². The number of para-hydroxylation sites is 1. The third-order valence-electron chi connectivity index (χ3n) is 3.46. The summed E-state index contributed by atoms with van der Waals surface area (Å²) < 4.78 is 0. The number of nitrogens with one attached hydrogen (secondary N) is 2. The largest absolute Gasteiger partial charge is 0.478 e. The lowest BCUT2D eigenvalue weighted by Crippen LogP contribution is -1.95. The van der Waals surface area contributed by atoms with Gasteiger partial charge in [0.2, 0.25) is 0 Å². The molecule has 0 bridgehead atoms. The fraction of sp³-hybridized carbons (Fsp3) is 0.133. The van der Waals surface area contributed by atoms with E-state index in [0.717, 1.165) is 22.2 Å². The molecule has 3 N–H and O–H groups in total. The molecule has 0 aliphatic heterocycles. The number of hydrogen-bond acceptors (Lipinski definition) is 1. The van der Waals surface area contributed by atoms with Crippen molar-refractivity contribution in [2.75, 3.05) is 0 Å². The van der Waals surface area contributed by atoms with Crippen LogP contribution in [-0.2, 0) is 0 Å². The van der Waals surface area contributed by atoms with Crippen molar-refractivity contribution in [3.05, 3.63) is 47.3 Å². The molecule has 3 rings (SSSR count). The minimum atomic E-state index is -0.906. The fourth-order valence-electron chi connectivity index (χ4n) is 2.45. The number of hydrogen-bond donors (Lipinski definition) is 3. The van der Waals surface area contributed by atoms with Crippen LogP contribution in [0.4, 0.5) is 0 Å². The second-order valence-corrected chi connectivity index (χ2v) is 4.73. The molecule has 1 aromatic carbocycles. The molecule has 0 saturated carbocycles. The standard InChI is InChI=1S/C15H14N2O2/c1-8-4-3-5-10-12(7-16-14(8)10)13-6-11(15(18)19)9(2)17-13/h3-7,16-17H,1-2H3,(H,18,19). The van der Waals surface area contributed by atoms with Gasteiger partial charge in [-0.25, -0.2) is 4.79 Å². The van der Waals surface area contributed by atoms with Crippen LogP contribution >= 0.6 is 0 Å². The van der Waals surface area contributed by atoms with E-state index in [4.69, 9.17) is 5.11 Å². The molecule has 2 aromatic heterocycles. The summed E-state index contributed by atoms with van der Waals surface area (Å²) in [6.07, 6.45) is 1.91. The Hall–Kier alpha value is -2.49. The average Bonchev–Trinajstić information content (AvgIpc) is 2.93. The van der Waals surface area contributed by atoms with Gasteiger partial charge in [0.05, 0.1) is 5.56 Å². The molecule has 96 valence electrons. The minimum absolute atomic E-state index is 0.317. The van der Waals surface area contributed by atoms with Crippen molar-refractivity contribution in [1.82, 2.24) is 9.97 Å². The highest BCUT2D eigenvalue weighted by molar-refractivity contribution is 5.98. The summed E-state index contributed by atoms with van der Waals surface area (Å²) in [4.78, 5) is 17.5. The van der Waals surface area contributed by atoms with E-state index in [2.05, 4.69) is 9.97 Å². The van der Waals surface area contributed by atoms with Gasteiger partial charge in [0.25, 0.3) is 0 Å². The minimum Gasteiger partial charge on any atom is -0.478 e. The van der Waals surface area contributed by atoms with E-state index in [1.54, 1.807) is 13.0 Å². The molecule has 0 spiro atoms. The van der Waals surface area contributed by atoms with Gasteiger partial charge in [-0.15, -0.1) is 0 Å². The van der Waals surface area contributed by atoms with Crippen molar-refractivity contribution in [2.45, 2.75) is 13.8 Å².